The highest BCUT2D eigenvalue weighted by molar-refractivity contribution is 7.80. The lowest BCUT2D eigenvalue weighted by molar-refractivity contribution is 0.602. The molecule has 1 nitrogen and oxygen atoms in total. The Morgan fingerprint density at radius 3 is 2.38 bits per heavy atom. The van der Waals surface area contributed by atoms with E-state index in [4.69, 9.17) is 0 Å². The largest absolute Gasteiger partial charge is 0.265 e. The smallest absolute Gasteiger partial charge is 0.137 e. The summed E-state index contributed by atoms with van der Waals surface area (Å²) in [5.41, 5.74) is 1.48. The van der Waals surface area contributed by atoms with Crippen molar-refractivity contribution in [2.45, 2.75) is 4.90 Å². The summed E-state index contributed by atoms with van der Waals surface area (Å²) < 4.78 is 13.2. The summed E-state index contributed by atoms with van der Waals surface area (Å²) in [5.74, 6) is 5.45. The lowest BCUT2D eigenvalue weighted by Gasteiger charge is -1.94. The van der Waals surface area contributed by atoms with Crippen LogP contribution >= 0.6 is 12.6 Å². The molecule has 1 heterocycles. The van der Waals surface area contributed by atoms with Crippen molar-refractivity contribution in [3.63, 3.8) is 0 Å². The van der Waals surface area contributed by atoms with Gasteiger partial charge in [-0.25, -0.2) is 4.39 Å². The first-order valence-corrected chi connectivity index (χ1v) is 5.11. The van der Waals surface area contributed by atoms with Gasteiger partial charge in [-0.1, -0.05) is 11.8 Å². The van der Waals surface area contributed by atoms with E-state index in [1.165, 1.54) is 6.07 Å². The van der Waals surface area contributed by atoms with Crippen molar-refractivity contribution in [3.8, 4) is 11.8 Å². The van der Waals surface area contributed by atoms with Gasteiger partial charge in [0.1, 0.15) is 5.82 Å². The minimum atomic E-state index is -0.357. The van der Waals surface area contributed by atoms with Gasteiger partial charge in [0.2, 0.25) is 0 Å². The monoisotopic (exact) mass is 229 g/mol. The molecule has 0 amide bonds. The molecule has 0 radical (unpaired) electrons. The molecule has 78 valence electrons. The summed E-state index contributed by atoms with van der Waals surface area (Å²) in [7, 11) is 0. The van der Waals surface area contributed by atoms with Crippen LogP contribution in [0.1, 0.15) is 11.1 Å². The first-order valence-electron chi connectivity index (χ1n) is 4.66. The Hall–Kier alpha value is -1.79. The Morgan fingerprint density at radius 2 is 1.69 bits per heavy atom. The van der Waals surface area contributed by atoms with Crippen LogP contribution in [0.3, 0.4) is 0 Å². The second kappa shape index (κ2) is 4.82. The molecule has 1 aromatic carbocycles. The Labute approximate surface area is 98.8 Å². The molecule has 0 fully saturated rings. The molecule has 0 unspecified atom stereocenters. The van der Waals surface area contributed by atoms with Gasteiger partial charge >= 0.3 is 0 Å². The summed E-state index contributed by atoms with van der Waals surface area (Å²) >= 11 is 3.95. The van der Waals surface area contributed by atoms with Crippen molar-refractivity contribution < 1.29 is 4.39 Å². The molecule has 0 aliphatic heterocycles. The Balaban J connectivity index is 2.28. The van der Waals surface area contributed by atoms with Crippen molar-refractivity contribution >= 4 is 12.6 Å². The van der Waals surface area contributed by atoms with Crippen molar-refractivity contribution in [1.82, 2.24) is 4.98 Å². The van der Waals surface area contributed by atoms with Crippen molar-refractivity contribution in [2.24, 2.45) is 0 Å². The predicted molar refractivity (Wildman–Crippen MR) is 63.9 cm³/mol. The van der Waals surface area contributed by atoms with Gasteiger partial charge in [0.25, 0.3) is 0 Å². The lowest BCUT2D eigenvalue weighted by Crippen LogP contribution is -1.81. The van der Waals surface area contributed by atoms with Gasteiger partial charge in [0.05, 0.1) is 0 Å². The highest BCUT2D eigenvalue weighted by Gasteiger charge is 1.96. The van der Waals surface area contributed by atoms with Crippen LogP contribution in [0, 0.1) is 17.7 Å². The topological polar surface area (TPSA) is 12.9 Å². The van der Waals surface area contributed by atoms with Crippen LogP contribution < -0.4 is 0 Å². The molecule has 1 aromatic heterocycles. The molecular formula is C13H8FNS. The lowest BCUT2D eigenvalue weighted by atomic mass is 10.2. The number of rotatable bonds is 0. The summed E-state index contributed by atoms with van der Waals surface area (Å²) in [6.45, 7) is 0. The van der Waals surface area contributed by atoms with E-state index in [2.05, 4.69) is 29.5 Å². The van der Waals surface area contributed by atoms with E-state index in [-0.39, 0.29) is 5.82 Å². The highest BCUT2D eigenvalue weighted by atomic mass is 32.1. The van der Waals surface area contributed by atoms with E-state index in [0.717, 1.165) is 5.56 Å². The van der Waals surface area contributed by atoms with Crippen LogP contribution in [0.4, 0.5) is 4.39 Å². The number of halogens is 1. The SMILES string of the molecule is Fc1cc(C#Cc2ccncc2)ccc1S. The Morgan fingerprint density at radius 1 is 1.00 bits per heavy atom. The molecule has 0 aliphatic carbocycles. The third-order valence-corrected chi connectivity index (χ3v) is 2.34. The average Bonchev–Trinajstić information content (AvgIpc) is 2.32. The summed E-state index contributed by atoms with van der Waals surface area (Å²) in [6, 6.07) is 8.30. The van der Waals surface area contributed by atoms with Crippen LogP contribution in [-0.4, -0.2) is 4.98 Å². The molecule has 0 atom stereocenters. The van der Waals surface area contributed by atoms with Crippen molar-refractivity contribution in [2.75, 3.05) is 0 Å². The van der Waals surface area contributed by atoms with Gasteiger partial charge in [-0.05, 0) is 30.3 Å². The normalized spacial score (nSPS) is 9.38. The first-order chi connectivity index (χ1) is 7.75. The highest BCUT2D eigenvalue weighted by Crippen LogP contribution is 2.13. The fourth-order valence-corrected chi connectivity index (χ4v) is 1.30. The standard InChI is InChI=1S/C13H8FNS/c14-12-9-11(3-4-13(12)16)2-1-10-5-7-15-8-6-10/h3-9,16H. The van der Waals surface area contributed by atoms with Gasteiger partial charge in [-0.2, -0.15) is 0 Å². The minimum Gasteiger partial charge on any atom is -0.265 e. The molecule has 0 saturated heterocycles. The van der Waals surface area contributed by atoms with Crippen LogP contribution in [-0.2, 0) is 0 Å². The molecule has 0 aliphatic rings. The second-order valence-corrected chi connectivity index (χ2v) is 3.63. The number of benzene rings is 1. The zero-order chi connectivity index (χ0) is 11.4. The molecule has 16 heavy (non-hydrogen) atoms. The zero-order valence-corrected chi connectivity index (χ0v) is 9.21. The molecule has 2 aromatic rings. The second-order valence-electron chi connectivity index (χ2n) is 3.15. The predicted octanol–water partition coefficient (Wildman–Crippen LogP) is 2.91. The summed E-state index contributed by atoms with van der Waals surface area (Å²) in [6.07, 6.45) is 3.34. The van der Waals surface area contributed by atoms with Crippen LogP contribution in [0.15, 0.2) is 47.6 Å². The van der Waals surface area contributed by atoms with Crippen LogP contribution in [0.2, 0.25) is 0 Å². The fraction of sp³-hybridized carbons (Fsp3) is 0. The number of hydrogen-bond acceptors (Lipinski definition) is 2. The molecular weight excluding hydrogens is 221 g/mol. The Bertz CT molecular complexity index is 555. The van der Waals surface area contributed by atoms with E-state index in [9.17, 15) is 4.39 Å². The molecule has 0 N–H and O–H groups in total. The van der Waals surface area contributed by atoms with Crippen LogP contribution in [0.5, 0.6) is 0 Å². The number of hydrogen-bond donors (Lipinski definition) is 1. The van der Waals surface area contributed by atoms with Gasteiger partial charge in [-0.15, -0.1) is 12.6 Å². The number of thiol groups is 1. The zero-order valence-electron chi connectivity index (χ0n) is 8.31. The maximum Gasteiger partial charge on any atom is 0.137 e. The molecule has 0 bridgehead atoms. The van der Waals surface area contributed by atoms with Crippen molar-refractivity contribution in [1.29, 1.82) is 0 Å². The van der Waals surface area contributed by atoms with E-state index >= 15 is 0 Å². The van der Waals surface area contributed by atoms with Crippen molar-refractivity contribution in [3.05, 3.63) is 59.7 Å². The maximum absolute atomic E-state index is 13.2. The molecule has 0 spiro atoms. The van der Waals surface area contributed by atoms with Gasteiger partial charge < -0.3 is 0 Å². The molecule has 2 rings (SSSR count). The van der Waals surface area contributed by atoms with E-state index < -0.39 is 0 Å². The summed E-state index contributed by atoms with van der Waals surface area (Å²) in [4.78, 5) is 4.22. The maximum atomic E-state index is 13.2. The third kappa shape index (κ3) is 2.62. The number of nitrogens with zero attached hydrogens (tertiary/aromatic N) is 1. The third-order valence-electron chi connectivity index (χ3n) is 1.98. The first kappa shape index (κ1) is 10.7. The minimum absolute atomic E-state index is 0.328. The quantitative estimate of drug-likeness (QED) is 0.541. The molecule has 3 heteroatoms. The van der Waals surface area contributed by atoms with Crippen LogP contribution in [0.25, 0.3) is 0 Å². The summed E-state index contributed by atoms with van der Waals surface area (Å²) in [5, 5.41) is 0. The van der Waals surface area contributed by atoms with Gasteiger partial charge in [0, 0.05) is 28.4 Å². The molecule has 0 saturated carbocycles. The number of pyridine rings is 1. The van der Waals surface area contributed by atoms with E-state index in [1.54, 1.807) is 36.7 Å². The van der Waals surface area contributed by atoms with E-state index in [0.29, 0.717) is 10.5 Å². The fourth-order valence-electron chi connectivity index (χ4n) is 1.16. The van der Waals surface area contributed by atoms with Gasteiger partial charge in [-0.3, -0.25) is 4.98 Å². The van der Waals surface area contributed by atoms with Gasteiger partial charge in [0.15, 0.2) is 0 Å². The number of aromatic nitrogens is 1. The average molecular weight is 229 g/mol. The van der Waals surface area contributed by atoms with E-state index in [1.807, 2.05) is 0 Å². The Kier molecular flexibility index (Phi) is 3.23.